The van der Waals surface area contributed by atoms with E-state index in [1.54, 1.807) is 4.57 Å². The predicted molar refractivity (Wildman–Crippen MR) is 95.4 cm³/mol. The van der Waals surface area contributed by atoms with E-state index in [1.807, 2.05) is 13.2 Å². The minimum atomic E-state index is -1.69. The van der Waals surface area contributed by atoms with Crippen molar-refractivity contribution in [3.63, 3.8) is 0 Å². The van der Waals surface area contributed by atoms with Crippen molar-refractivity contribution < 1.29 is 25.5 Å². The van der Waals surface area contributed by atoms with Gasteiger partial charge in [-0.05, 0) is 12.0 Å². The summed E-state index contributed by atoms with van der Waals surface area (Å²) in [5.41, 5.74) is 1.07. The quantitative estimate of drug-likeness (QED) is 0.273. The summed E-state index contributed by atoms with van der Waals surface area (Å²) in [5, 5.41) is 49.1. The molecule has 5 atom stereocenters. The number of aromatic nitrogens is 4. The molecule has 0 aliphatic carbocycles. The van der Waals surface area contributed by atoms with Crippen molar-refractivity contribution in [3.8, 4) is 0 Å². The fourth-order valence-electron chi connectivity index (χ4n) is 2.39. The van der Waals surface area contributed by atoms with Gasteiger partial charge in [0, 0.05) is 0 Å². The zero-order valence-electron chi connectivity index (χ0n) is 13.8. The largest absolute Gasteiger partial charge is 0.394 e. The van der Waals surface area contributed by atoms with Crippen LogP contribution in [0.4, 0.5) is 0 Å². The van der Waals surface area contributed by atoms with Crippen LogP contribution in [-0.2, 0) is 0 Å². The summed E-state index contributed by atoms with van der Waals surface area (Å²) < 4.78 is 1.61. The molecule has 140 valence electrons. The number of fused-ring (bicyclic) bond motifs is 1. The Morgan fingerprint density at radius 1 is 1.08 bits per heavy atom. The molecule has 0 aliphatic rings. The van der Waals surface area contributed by atoms with Gasteiger partial charge in [-0.3, -0.25) is 4.57 Å². The summed E-state index contributed by atoms with van der Waals surface area (Å²) in [6.07, 6.45) is -1.57. The topological polar surface area (TPSA) is 145 Å². The van der Waals surface area contributed by atoms with Gasteiger partial charge >= 0.3 is 0 Å². The Morgan fingerprint density at radius 3 is 2.40 bits per heavy atom. The Morgan fingerprint density at radius 2 is 1.80 bits per heavy atom. The highest BCUT2D eigenvalue weighted by atomic mass is 32.2. The zero-order valence-corrected chi connectivity index (χ0v) is 15.4. The molecule has 2 aromatic heterocycles. The van der Waals surface area contributed by atoms with E-state index in [0.29, 0.717) is 21.9 Å². The average Bonchev–Trinajstić information content (AvgIpc) is 3.07. The molecule has 2 rings (SSSR count). The number of aliphatic hydroxyl groups excluding tert-OH is 5. The van der Waals surface area contributed by atoms with Crippen LogP contribution in [0.15, 0.2) is 17.7 Å². The van der Waals surface area contributed by atoms with Crippen LogP contribution in [0.25, 0.3) is 11.2 Å². The number of hydrogen-bond acceptors (Lipinski definition) is 10. The molecule has 9 nitrogen and oxygen atoms in total. The van der Waals surface area contributed by atoms with Crippen molar-refractivity contribution in [3.05, 3.63) is 12.7 Å². The lowest BCUT2D eigenvalue weighted by molar-refractivity contribution is -0.118. The van der Waals surface area contributed by atoms with Crippen LogP contribution in [0, 0.1) is 0 Å². The fraction of sp³-hybridized carbons (Fsp3) is 0.643. The van der Waals surface area contributed by atoms with Gasteiger partial charge in [-0.2, -0.15) is 0 Å². The molecule has 0 unspecified atom stereocenters. The minimum Gasteiger partial charge on any atom is -0.394 e. The first kappa shape index (κ1) is 20.4. The van der Waals surface area contributed by atoms with Crippen LogP contribution in [-0.4, -0.2) is 88.1 Å². The first-order chi connectivity index (χ1) is 12.0. The highest BCUT2D eigenvalue weighted by Crippen LogP contribution is 2.33. The Balaban J connectivity index is 2.38. The predicted octanol–water partition coefficient (Wildman–Crippen LogP) is -0.764. The number of thioether (sulfide) groups is 2. The molecule has 0 aromatic carbocycles. The molecule has 0 saturated heterocycles. The Kier molecular flexibility index (Phi) is 7.43. The molecule has 0 amide bonds. The summed E-state index contributed by atoms with van der Waals surface area (Å²) in [6.45, 7) is 1.16. The molecule has 0 radical (unpaired) electrons. The first-order valence-electron chi connectivity index (χ1n) is 7.62. The average molecular weight is 390 g/mol. The zero-order chi connectivity index (χ0) is 18.6. The lowest BCUT2D eigenvalue weighted by atomic mass is 10.0. The molecule has 2 heterocycles. The van der Waals surface area contributed by atoms with E-state index in [0.717, 1.165) is 0 Å². The van der Waals surface area contributed by atoms with Gasteiger partial charge in [0.15, 0.2) is 5.65 Å². The summed E-state index contributed by atoms with van der Waals surface area (Å²) in [6, 6.07) is 0. The van der Waals surface area contributed by atoms with Gasteiger partial charge in [0.2, 0.25) is 0 Å². The van der Waals surface area contributed by atoms with Gasteiger partial charge in [-0.25, -0.2) is 15.0 Å². The van der Waals surface area contributed by atoms with Crippen molar-refractivity contribution in [2.24, 2.45) is 0 Å². The van der Waals surface area contributed by atoms with Crippen molar-refractivity contribution in [2.75, 3.05) is 18.6 Å². The maximum atomic E-state index is 10.6. The maximum Gasteiger partial charge on any atom is 0.165 e. The number of rotatable bonds is 9. The standard InChI is InChI=1S/C14H22N4O5S2/c1-3-25-14(11(23)10(22)9(21)7(20)4-19)18-6-17-8-12(18)15-5-16-13(8)24-2/h5-7,9-11,14,19-23H,3-4H2,1-2H3/t7-,9-,10-,11+,14-/m1/s1. The monoisotopic (exact) mass is 390 g/mol. The van der Waals surface area contributed by atoms with E-state index in [4.69, 9.17) is 5.11 Å². The molecule has 0 spiro atoms. The van der Waals surface area contributed by atoms with E-state index >= 15 is 0 Å². The van der Waals surface area contributed by atoms with Gasteiger partial charge in [-0.15, -0.1) is 23.5 Å². The fourth-order valence-corrected chi connectivity index (χ4v) is 3.89. The van der Waals surface area contributed by atoms with Crippen molar-refractivity contribution in [2.45, 2.75) is 41.7 Å². The second kappa shape index (κ2) is 9.12. The highest BCUT2D eigenvalue weighted by Gasteiger charge is 2.36. The van der Waals surface area contributed by atoms with Gasteiger partial charge in [0.05, 0.1) is 12.9 Å². The van der Waals surface area contributed by atoms with Gasteiger partial charge in [0.25, 0.3) is 0 Å². The summed E-state index contributed by atoms with van der Waals surface area (Å²) in [5.74, 6) is 0.618. The van der Waals surface area contributed by atoms with E-state index in [1.165, 1.54) is 36.2 Å². The maximum absolute atomic E-state index is 10.6. The van der Waals surface area contributed by atoms with Crippen molar-refractivity contribution >= 4 is 34.7 Å². The Hall–Kier alpha value is -0.950. The molecule has 0 bridgehead atoms. The van der Waals surface area contributed by atoms with Gasteiger partial charge < -0.3 is 25.5 Å². The van der Waals surface area contributed by atoms with Crippen LogP contribution >= 0.6 is 23.5 Å². The smallest absolute Gasteiger partial charge is 0.165 e. The molecule has 2 aromatic rings. The van der Waals surface area contributed by atoms with Crippen LogP contribution in [0.5, 0.6) is 0 Å². The lowest BCUT2D eigenvalue weighted by Gasteiger charge is -2.31. The lowest BCUT2D eigenvalue weighted by Crippen LogP contribution is -2.48. The SMILES string of the molecule is CCS[C@H]([C@@H](O)[C@H](O)[C@H](O)[C@H](O)CO)n1cnc2c(SC)ncnc21. The van der Waals surface area contributed by atoms with E-state index < -0.39 is 36.4 Å². The van der Waals surface area contributed by atoms with E-state index in [9.17, 15) is 20.4 Å². The van der Waals surface area contributed by atoms with Gasteiger partial charge in [0.1, 0.15) is 46.7 Å². The Labute approximate surface area is 153 Å². The van der Waals surface area contributed by atoms with E-state index in [2.05, 4.69) is 15.0 Å². The molecule has 0 aliphatic heterocycles. The molecule has 11 heteroatoms. The van der Waals surface area contributed by atoms with Crippen LogP contribution < -0.4 is 0 Å². The van der Waals surface area contributed by atoms with Gasteiger partial charge in [-0.1, -0.05) is 6.92 Å². The third kappa shape index (κ3) is 4.25. The molecular weight excluding hydrogens is 368 g/mol. The van der Waals surface area contributed by atoms with Crippen LogP contribution in [0.1, 0.15) is 12.3 Å². The van der Waals surface area contributed by atoms with Crippen LogP contribution in [0.2, 0.25) is 0 Å². The Bertz CT molecular complexity index is 688. The number of aliphatic hydroxyl groups is 5. The number of imidazole rings is 1. The second-order valence-corrected chi connectivity index (χ2v) is 7.46. The van der Waals surface area contributed by atoms with Crippen molar-refractivity contribution in [1.29, 1.82) is 0 Å². The number of hydrogen-bond donors (Lipinski definition) is 5. The summed E-state index contributed by atoms with van der Waals surface area (Å²) in [4.78, 5) is 12.6. The third-order valence-corrected chi connectivity index (χ3v) is 5.57. The van der Waals surface area contributed by atoms with Crippen LogP contribution in [0.3, 0.4) is 0 Å². The minimum absolute atomic E-state index is 0.494. The third-order valence-electron chi connectivity index (χ3n) is 3.70. The normalized spacial score (nSPS) is 18.0. The first-order valence-corrected chi connectivity index (χ1v) is 9.89. The van der Waals surface area contributed by atoms with Crippen molar-refractivity contribution in [1.82, 2.24) is 19.5 Å². The second-order valence-electron chi connectivity index (χ2n) is 5.27. The van der Waals surface area contributed by atoms with E-state index in [-0.39, 0.29) is 0 Å². The molecule has 0 fully saturated rings. The molecule has 0 saturated carbocycles. The number of nitrogens with zero attached hydrogens (tertiary/aromatic N) is 4. The molecular formula is C14H22N4O5S2. The summed E-state index contributed by atoms with van der Waals surface area (Å²) >= 11 is 2.74. The highest BCUT2D eigenvalue weighted by molar-refractivity contribution is 7.99. The molecule has 25 heavy (non-hydrogen) atoms. The summed E-state index contributed by atoms with van der Waals surface area (Å²) in [7, 11) is 0. The molecule has 5 N–H and O–H groups in total.